The second kappa shape index (κ2) is 8.02. The number of aromatic nitrogens is 3. The summed E-state index contributed by atoms with van der Waals surface area (Å²) in [5.74, 6) is 0.900. The van der Waals surface area contributed by atoms with E-state index in [2.05, 4.69) is 50.2 Å². The number of hydrogen-bond acceptors (Lipinski definition) is 5. The SMILES string of the molecule is N#Cc1cccc(N2CCN(Cc3ccc(Cn4cccn4)cc3)CC2)n1. The van der Waals surface area contributed by atoms with Gasteiger partial charge in [0.2, 0.25) is 0 Å². The highest BCUT2D eigenvalue weighted by Gasteiger charge is 2.18. The molecule has 4 rings (SSSR count). The van der Waals surface area contributed by atoms with Crippen LogP contribution in [0.25, 0.3) is 0 Å². The molecule has 1 saturated heterocycles. The molecule has 0 saturated carbocycles. The zero-order valence-corrected chi connectivity index (χ0v) is 15.2. The van der Waals surface area contributed by atoms with Gasteiger partial charge in [-0.25, -0.2) is 4.98 Å². The maximum Gasteiger partial charge on any atom is 0.142 e. The number of hydrogen-bond donors (Lipinski definition) is 0. The third kappa shape index (κ3) is 4.33. The van der Waals surface area contributed by atoms with Crippen LogP contribution in [0.2, 0.25) is 0 Å². The second-order valence-electron chi connectivity index (χ2n) is 6.78. The lowest BCUT2D eigenvalue weighted by Crippen LogP contribution is -2.46. The van der Waals surface area contributed by atoms with E-state index in [1.54, 1.807) is 12.3 Å². The van der Waals surface area contributed by atoms with E-state index in [1.165, 1.54) is 11.1 Å². The molecule has 0 unspecified atom stereocenters. The number of anilines is 1. The molecular weight excluding hydrogens is 336 g/mol. The van der Waals surface area contributed by atoms with E-state index >= 15 is 0 Å². The van der Waals surface area contributed by atoms with Crippen LogP contribution in [0.3, 0.4) is 0 Å². The third-order valence-corrected chi connectivity index (χ3v) is 4.88. The van der Waals surface area contributed by atoms with E-state index in [1.807, 2.05) is 29.1 Å². The lowest BCUT2D eigenvalue weighted by Gasteiger charge is -2.35. The summed E-state index contributed by atoms with van der Waals surface area (Å²) in [6.45, 7) is 5.61. The molecule has 0 N–H and O–H groups in total. The minimum absolute atomic E-state index is 0.477. The molecule has 0 spiro atoms. The normalized spacial score (nSPS) is 14.9. The zero-order chi connectivity index (χ0) is 18.5. The van der Waals surface area contributed by atoms with Gasteiger partial charge in [0.25, 0.3) is 0 Å². The van der Waals surface area contributed by atoms with Crippen LogP contribution in [-0.4, -0.2) is 45.8 Å². The average Bonchev–Trinajstić information content (AvgIpc) is 3.23. The van der Waals surface area contributed by atoms with Crippen LogP contribution in [0, 0.1) is 11.3 Å². The Kier molecular flexibility index (Phi) is 5.13. The van der Waals surface area contributed by atoms with Crippen LogP contribution in [0.5, 0.6) is 0 Å². The Balaban J connectivity index is 1.30. The fraction of sp³-hybridized carbons (Fsp3) is 0.286. The molecule has 136 valence electrons. The van der Waals surface area contributed by atoms with E-state index in [0.29, 0.717) is 5.69 Å². The molecule has 0 aliphatic carbocycles. The lowest BCUT2D eigenvalue weighted by atomic mass is 10.1. The van der Waals surface area contributed by atoms with Gasteiger partial charge in [0.1, 0.15) is 17.6 Å². The van der Waals surface area contributed by atoms with Crippen LogP contribution in [0.1, 0.15) is 16.8 Å². The predicted molar refractivity (Wildman–Crippen MR) is 104 cm³/mol. The summed E-state index contributed by atoms with van der Waals surface area (Å²) >= 11 is 0. The molecule has 3 aromatic rings. The maximum absolute atomic E-state index is 9.01. The van der Waals surface area contributed by atoms with Gasteiger partial charge in [-0.2, -0.15) is 10.4 Å². The summed E-state index contributed by atoms with van der Waals surface area (Å²) in [7, 11) is 0. The Hall–Kier alpha value is -3.17. The van der Waals surface area contributed by atoms with E-state index in [-0.39, 0.29) is 0 Å². The van der Waals surface area contributed by atoms with E-state index in [4.69, 9.17) is 5.26 Å². The Labute approximate surface area is 159 Å². The Morgan fingerprint density at radius 2 is 1.63 bits per heavy atom. The van der Waals surface area contributed by atoms with Gasteiger partial charge in [-0.1, -0.05) is 30.3 Å². The van der Waals surface area contributed by atoms with Crippen LogP contribution in [0.15, 0.2) is 60.9 Å². The summed E-state index contributed by atoms with van der Waals surface area (Å²) in [6, 6.07) is 18.5. The molecule has 0 amide bonds. The lowest BCUT2D eigenvalue weighted by molar-refractivity contribution is 0.249. The Morgan fingerprint density at radius 1 is 0.889 bits per heavy atom. The van der Waals surface area contributed by atoms with E-state index in [0.717, 1.165) is 45.1 Å². The summed E-state index contributed by atoms with van der Waals surface area (Å²) in [6.07, 6.45) is 3.79. The number of rotatable bonds is 5. The fourth-order valence-corrected chi connectivity index (χ4v) is 3.39. The first-order valence-corrected chi connectivity index (χ1v) is 9.20. The number of benzene rings is 1. The first kappa shape index (κ1) is 17.3. The van der Waals surface area contributed by atoms with Crippen molar-refractivity contribution in [1.82, 2.24) is 19.7 Å². The van der Waals surface area contributed by atoms with E-state index < -0.39 is 0 Å². The van der Waals surface area contributed by atoms with Gasteiger partial charge >= 0.3 is 0 Å². The molecule has 6 heteroatoms. The van der Waals surface area contributed by atoms with Crippen molar-refractivity contribution in [2.45, 2.75) is 13.1 Å². The summed E-state index contributed by atoms with van der Waals surface area (Å²) < 4.78 is 1.93. The molecule has 1 fully saturated rings. The first-order valence-electron chi connectivity index (χ1n) is 9.20. The molecule has 0 atom stereocenters. The van der Waals surface area contributed by atoms with Crippen molar-refractivity contribution < 1.29 is 0 Å². The Morgan fingerprint density at radius 3 is 2.30 bits per heavy atom. The predicted octanol–water partition coefficient (Wildman–Crippen LogP) is 2.52. The summed E-state index contributed by atoms with van der Waals surface area (Å²) in [5, 5.41) is 13.3. The molecule has 6 nitrogen and oxygen atoms in total. The van der Waals surface area contributed by atoms with Crippen molar-refractivity contribution in [1.29, 1.82) is 5.26 Å². The van der Waals surface area contributed by atoms with Gasteiger partial charge in [-0.05, 0) is 29.3 Å². The smallest absolute Gasteiger partial charge is 0.142 e. The number of nitrogens with zero attached hydrogens (tertiary/aromatic N) is 6. The topological polar surface area (TPSA) is 61.0 Å². The third-order valence-electron chi connectivity index (χ3n) is 4.88. The van der Waals surface area contributed by atoms with Gasteiger partial charge in [0, 0.05) is 45.1 Å². The summed E-state index contributed by atoms with van der Waals surface area (Å²) in [4.78, 5) is 9.12. The van der Waals surface area contributed by atoms with Gasteiger partial charge in [0.15, 0.2) is 0 Å². The fourth-order valence-electron chi connectivity index (χ4n) is 3.39. The zero-order valence-electron chi connectivity index (χ0n) is 15.2. The minimum Gasteiger partial charge on any atom is -0.354 e. The van der Waals surface area contributed by atoms with Crippen molar-refractivity contribution in [2.75, 3.05) is 31.1 Å². The van der Waals surface area contributed by atoms with Crippen LogP contribution in [-0.2, 0) is 13.1 Å². The van der Waals surface area contributed by atoms with Crippen LogP contribution in [0.4, 0.5) is 5.82 Å². The molecule has 1 aromatic carbocycles. The van der Waals surface area contributed by atoms with Crippen molar-refractivity contribution in [3.63, 3.8) is 0 Å². The van der Waals surface area contributed by atoms with Gasteiger partial charge in [-0.15, -0.1) is 0 Å². The molecule has 3 heterocycles. The van der Waals surface area contributed by atoms with Crippen molar-refractivity contribution in [3.05, 3.63) is 77.7 Å². The van der Waals surface area contributed by atoms with Crippen molar-refractivity contribution in [3.8, 4) is 6.07 Å². The Bertz CT molecular complexity index is 903. The highest BCUT2D eigenvalue weighted by molar-refractivity contribution is 5.42. The van der Waals surface area contributed by atoms with Gasteiger partial charge < -0.3 is 4.90 Å². The first-order chi connectivity index (χ1) is 13.3. The standard InChI is InChI=1S/C21H22N6/c22-15-20-3-1-4-21(24-20)26-13-11-25(12-14-26)16-18-5-7-19(8-6-18)17-27-10-2-9-23-27/h1-10H,11-14,16-17H2. The minimum atomic E-state index is 0.477. The molecule has 1 aliphatic heterocycles. The van der Waals surface area contributed by atoms with E-state index in [9.17, 15) is 0 Å². The molecule has 1 aliphatic rings. The summed E-state index contributed by atoms with van der Waals surface area (Å²) in [5.41, 5.74) is 3.07. The molecular formula is C21H22N6. The highest BCUT2D eigenvalue weighted by Crippen LogP contribution is 2.16. The number of pyridine rings is 1. The van der Waals surface area contributed by atoms with Crippen molar-refractivity contribution in [2.24, 2.45) is 0 Å². The number of nitriles is 1. The van der Waals surface area contributed by atoms with Crippen molar-refractivity contribution >= 4 is 5.82 Å². The monoisotopic (exact) mass is 358 g/mol. The highest BCUT2D eigenvalue weighted by atomic mass is 15.3. The molecule has 2 aromatic heterocycles. The number of piperazine rings is 1. The molecule has 0 bridgehead atoms. The van der Waals surface area contributed by atoms with Crippen LogP contribution < -0.4 is 4.90 Å². The van der Waals surface area contributed by atoms with Gasteiger partial charge in [0.05, 0.1) is 6.54 Å². The van der Waals surface area contributed by atoms with Gasteiger partial charge in [-0.3, -0.25) is 9.58 Å². The molecule has 27 heavy (non-hydrogen) atoms. The second-order valence-corrected chi connectivity index (χ2v) is 6.78. The van der Waals surface area contributed by atoms with Crippen LogP contribution >= 0.6 is 0 Å². The quantitative estimate of drug-likeness (QED) is 0.701. The average molecular weight is 358 g/mol. The maximum atomic E-state index is 9.01. The molecule has 0 radical (unpaired) electrons. The largest absolute Gasteiger partial charge is 0.354 e.